The maximum Gasteiger partial charge on any atom is 0.433 e. The van der Waals surface area contributed by atoms with Gasteiger partial charge in [-0.2, -0.15) is 18.4 Å². The third-order valence-corrected chi connectivity index (χ3v) is 2.47. The summed E-state index contributed by atoms with van der Waals surface area (Å²) in [6.07, 6.45) is -2.98. The Labute approximate surface area is 112 Å². The smallest absolute Gasteiger partial charge is 0.363 e. The highest BCUT2D eigenvalue weighted by Gasteiger charge is 2.33. The summed E-state index contributed by atoms with van der Waals surface area (Å²) >= 11 is 0. The zero-order valence-corrected chi connectivity index (χ0v) is 10.1. The molecule has 0 atom stereocenters. The van der Waals surface area contributed by atoms with Gasteiger partial charge in [0.25, 0.3) is 0 Å². The largest absolute Gasteiger partial charge is 0.433 e. The van der Waals surface area contributed by atoms with Gasteiger partial charge in [-0.25, -0.2) is 4.98 Å². The molecule has 0 bridgehead atoms. The second-order valence-electron chi connectivity index (χ2n) is 3.88. The van der Waals surface area contributed by atoms with Gasteiger partial charge >= 0.3 is 6.18 Å². The first-order valence-electron chi connectivity index (χ1n) is 5.63. The summed E-state index contributed by atoms with van der Waals surface area (Å²) in [6.45, 7) is 0.184. The normalized spacial score (nSPS) is 10.9. The molecule has 0 radical (unpaired) electrons. The van der Waals surface area contributed by atoms with Crippen LogP contribution in [0.3, 0.4) is 0 Å². The Morgan fingerprint density at radius 1 is 1.20 bits per heavy atom. The zero-order valence-electron chi connectivity index (χ0n) is 10.1. The molecule has 0 amide bonds. The maximum absolute atomic E-state index is 12.6. The summed E-state index contributed by atoms with van der Waals surface area (Å²) in [5.41, 5.74) is -0.357. The monoisotopic (exact) mass is 278 g/mol. The van der Waals surface area contributed by atoms with E-state index in [1.807, 2.05) is 0 Å². The van der Waals surface area contributed by atoms with E-state index >= 15 is 0 Å². The molecule has 2 heterocycles. The van der Waals surface area contributed by atoms with E-state index < -0.39 is 11.9 Å². The van der Waals surface area contributed by atoms with Gasteiger partial charge in [0.15, 0.2) is 0 Å². The van der Waals surface area contributed by atoms with Gasteiger partial charge in [-0.15, -0.1) is 0 Å². The molecule has 20 heavy (non-hydrogen) atoms. The minimum Gasteiger partial charge on any atom is -0.363 e. The number of hydrogen-bond donors (Lipinski definition) is 1. The van der Waals surface area contributed by atoms with E-state index in [2.05, 4.69) is 15.3 Å². The van der Waals surface area contributed by atoms with Crippen LogP contribution >= 0.6 is 0 Å². The van der Waals surface area contributed by atoms with Gasteiger partial charge in [0.1, 0.15) is 17.6 Å². The number of nitrogens with zero attached hydrogens (tertiary/aromatic N) is 3. The van der Waals surface area contributed by atoms with Gasteiger partial charge in [0.05, 0.1) is 17.8 Å². The standard InChI is InChI=1S/C13H9F3N4/c14-13(15,16)11-5-4-9(7-17)12(20-11)19-8-10-3-1-2-6-18-10/h1-6H,8H2,(H,19,20). The summed E-state index contributed by atoms with van der Waals surface area (Å²) in [7, 11) is 0. The predicted octanol–water partition coefficient (Wildman–Crippen LogP) is 2.98. The second kappa shape index (κ2) is 5.57. The van der Waals surface area contributed by atoms with Crippen molar-refractivity contribution in [2.24, 2.45) is 0 Å². The number of alkyl halides is 3. The number of anilines is 1. The molecule has 2 aromatic heterocycles. The van der Waals surface area contributed by atoms with Crippen LogP contribution in [-0.4, -0.2) is 9.97 Å². The van der Waals surface area contributed by atoms with Crippen molar-refractivity contribution in [1.29, 1.82) is 5.26 Å². The Bertz CT molecular complexity index is 632. The number of halogens is 3. The lowest BCUT2D eigenvalue weighted by molar-refractivity contribution is -0.141. The molecule has 4 nitrogen and oxygen atoms in total. The molecule has 0 spiro atoms. The molecule has 0 aromatic carbocycles. The molecule has 7 heteroatoms. The van der Waals surface area contributed by atoms with E-state index in [-0.39, 0.29) is 17.9 Å². The summed E-state index contributed by atoms with van der Waals surface area (Å²) in [6, 6.07) is 8.88. The third kappa shape index (κ3) is 3.23. The fourth-order valence-corrected chi connectivity index (χ4v) is 1.52. The van der Waals surface area contributed by atoms with Crippen LogP contribution in [-0.2, 0) is 12.7 Å². The van der Waals surface area contributed by atoms with E-state index in [1.165, 1.54) is 0 Å². The molecule has 0 aliphatic rings. The maximum atomic E-state index is 12.6. The molecule has 102 valence electrons. The molecular formula is C13H9F3N4. The molecule has 0 unspecified atom stereocenters. The minimum absolute atomic E-state index is 0.0499. The van der Waals surface area contributed by atoms with E-state index in [1.54, 1.807) is 30.5 Å². The molecule has 0 aliphatic carbocycles. The Morgan fingerprint density at radius 2 is 2.00 bits per heavy atom. The number of rotatable bonds is 3. The van der Waals surface area contributed by atoms with Crippen molar-refractivity contribution in [2.45, 2.75) is 12.7 Å². The molecule has 0 aliphatic heterocycles. The first kappa shape index (κ1) is 13.8. The summed E-state index contributed by atoms with van der Waals surface area (Å²) < 4.78 is 37.7. The first-order chi connectivity index (χ1) is 9.50. The fraction of sp³-hybridized carbons (Fsp3) is 0.154. The SMILES string of the molecule is N#Cc1ccc(C(F)(F)F)nc1NCc1ccccn1. The van der Waals surface area contributed by atoms with E-state index in [4.69, 9.17) is 5.26 Å². The third-order valence-electron chi connectivity index (χ3n) is 2.47. The topological polar surface area (TPSA) is 61.6 Å². The van der Waals surface area contributed by atoms with Gasteiger partial charge in [-0.05, 0) is 24.3 Å². The van der Waals surface area contributed by atoms with Crippen molar-refractivity contribution in [1.82, 2.24) is 9.97 Å². The molecule has 1 N–H and O–H groups in total. The Balaban J connectivity index is 2.24. The predicted molar refractivity (Wildman–Crippen MR) is 65.5 cm³/mol. The van der Waals surface area contributed by atoms with E-state index in [0.717, 1.165) is 12.1 Å². The van der Waals surface area contributed by atoms with Crippen molar-refractivity contribution >= 4 is 5.82 Å². The van der Waals surface area contributed by atoms with Crippen molar-refractivity contribution in [3.63, 3.8) is 0 Å². The summed E-state index contributed by atoms with van der Waals surface area (Å²) in [5, 5.41) is 11.6. The lowest BCUT2D eigenvalue weighted by Crippen LogP contribution is -2.12. The molecular weight excluding hydrogens is 269 g/mol. The number of pyridine rings is 2. The van der Waals surface area contributed by atoms with Crippen LogP contribution in [0.5, 0.6) is 0 Å². The lowest BCUT2D eigenvalue weighted by Gasteiger charge is -2.10. The number of aromatic nitrogens is 2. The molecule has 0 saturated carbocycles. The Morgan fingerprint density at radius 3 is 2.60 bits per heavy atom. The van der Waals surface area contributed by atoms with Crippen molar-refractivity contribution in [2.75, 3.05) is 5.32 Å². The van der Waals surface area contributed by atoms with Gasteiger partial charge in [-0.1, -0.05) is 6.07 Å². The van der Waals surface area contributed by atoms with Crippen LogP contribution in [0.4, 0.5) is 19.0 Å². The molecule has 0 saturated heterocycles. The van der Waals surface area contributed by atoms with Gasteiger partial charge < -0.3 is 5.32 Å². The van der Waals surface area contributed by atoms with Crippen molar-refractivity contribution in [3.05, 3.63) is 53.5 Å². The quantitative estimate of drug-likeness (QED) is 0.937. The first-order valence-corrected chi connectivity index (χ1v) is 5.63. The lowest BCUT2D eigenvalue weighted by atomic mass is 10.2. The Kier molecular flexibility index (Phi) is 3.84. The highest BCUT2D eigenvalue weighted by molar-refractivity contribution is 5.52. The minimum atomic E-state index is -4.55. The number of nitrogens with one attached hydrogen (secondary N) is 1. The number of hydrogen-bond acceptors (Lipinski definition) is 4. The van der Waals surface area contributed by atoms with Crippen LogP contribution in [0.1, 0.15) is 17.0 Å². The van der Waals surface area contributed by atoms with Crippen molar-refractivity contribution in [3.8, 4) is 6.07 Å². The van der Waals surface area contributed by atoms with Crippen LogP contribution in [0.25, 0.3) is 0 Å². The fourth-order valence-electron chi connectivity index (χ4n) is 1.52. The average Bonchev–Trinajstić information content (AvgIpc) is 2.45. The molecule has 2 rings (SSSR count). The Hall–Kier alpha value is -2.62. The van der Waals surface area contributed by atoms with E-state index in [0.29, 0.717) is 5.69 Å². The van der Waals surface area contributed by atoms with Gasteiger partial charge in [0, 0.05) is 6.20 Å². The molecule has 2 aromatic rings. The zero-order chi connectivity index (χ0) is 14.6. The second-order valence-corrected chi connectivity index (χ2v) is 3.88. The van der Waals surface area contributed by atoms with Crippen LogP contribution in [0.2, 0.25) is 0 Å². The van der Waals surface area contributed by atoms with Crippen LogP contribution in [0.15, 0.2) is 36.5 Å². The average molecular weight is 278 g/mol. The van der Waals surface area contributed by atoms with Crippen molar-refractivity contribution < 1.29 is 13.2 Å². The van der Waals surface area contributed by atoms with E-state index in [9.17, 15) is 13.2 Å². The number of nitriles is 1. The highest BCUT2D eigenvalue weighted by atomic mass is 19.4. The molecule has 0 fully saturated rings. The summed E-state index contributed by atoms with van der Waals surface area (Å²) in [5.74, 6) is -0.104. The highest BCUT2D eigenvalue weighted by Crippen LogP contribution is 2.29. The van der Waals surface area contributed by atoms with Gasteiger partial charge in [0.2, 0.25) is 0 Å². The van der Waals surface area contributed by atoms with Crippen LogP contribution < -0.4 is 5.32 Å². The summed E-state index contributed by atoms with van der Waals surface area (Å²) in [4.78, 5) is 7.47. The van der Waals surface area contributed by atoms with Crippen LogP contribution in [0, 0.1) is 11.3 Å². The van der Waals surface area contributed by atoms with Gasteiger partial charge in [-0.3, -0.25) is 4.98 Å².